The second kappa shape index (κ2) is 11.4. The number of benzene rings is 1. The minimum absolute atomic E-state index is 0.0319. The number of sulfonamides is 1. The van der Waals surface area contributed by atoms with Crippen molar-refractivity contribution in [3.8, 4) is 6.07 Å². The van der Waals surface area contributed by atoms with Crippen molar-refractivity contribution in [2.45, 2.75) is 31.7 Å². The largest absolute Gasteiger partial charge is 0.462 e. The zero-order valence-corrected chi connectivity index (χ0v) is 21.1. The van der Waals surface area contributed by atoms with Gasteiger partial charge < -0.3 is 9.64 Å². The SMILES string of the molecule is CCOC(=O)c1cc(C#N)c(N2CCC(C(=O)NS(=O)(=O)Cc3cccc(Cl)c3)CC2)nc1C(F)(F)F. The smallest absolute Gasteiger partial charge is 0.434 e. The molecule has 14 heteroatoms. The Morgan fingerprint density at radius 3 is 2.51 bits per heavy atom. The van der Waals surface area contributed by atoms with E-state index in [1.54, 1.807) is 24.3 Å². The lowest BCUT2D eigenvalue weighted by molar-refractivity contribution is -0.141. The van der Waals surface area contributed by atoms with Crippen LogP contribution in [0, 0.1) is 17.2 Å². The summed E-state index contributed by atoms with van der Waals surface area (Å²) in [5, 5.41) is 9.84. The van der Waals surface area contributed by atoms with Crippen molar-refractivity contribution in [2.75, 3.05) is 24.6 Å². The number of ether oxygens (including phenoxy) is 1. The maximum absolute atomic E-state index is 13.6. The van der Waals surface area contributed by atoms with Gasteiger partial charge in [0.15, 0.2) is 5.69 Å². The van der Waals surface area contributed by atoms with E-state index in [2.05, 4.69) is 9.72 Å². The van der Waals surface area contributed by atoms with Gasteiger partial charge in [-0.25, -0.2) is 18.2 Å². The molecule has 0 unspecified atom stereocenters. The highest BCUT2D eigenvalue weighted by molar-refractivity contribution is 7.89. The fourth-order valence-electron chi connectivity index (χ4n) is 3.88. The van der Waals surface area contributed by atoms with E-state index in [0.29, 0.717) is 10.6 Å². The average molecular weight is 559 g/mol. The Balaban J connectivity index is 1.74. The third kappa shape index (κ3) is 7.11. The van der Waals surface area contributed by atoms with Crippen molar-refractivity contribution in [3.63, 3.8) is 0 Å². The normalized spacial score (nSPS) is 14.6. The molecule has 198 valence electrons. The van der Waals surface area contributed by atoms with E-state index in [0.717, 1.165) is 6.07 Å². The summed E-state index contributed by atoms with van der Waals surface area (Å²) in [5.41, 5.74) is -2.21. The van der Waals surface area contributed by atoms with E-state index in [9.17, 15) is 36.4 Å². The molecule has 2 heterocycles. The number of nitrogens with one attached hydrogen (secondary N) is 1. The number of halogens is 4. The van der Waals surface area contributed by atoms with Crippen LogP contribution in [0.2, 0.25) is 5.02 Å². The van der Waals surface area contributed by atoms with Crippen LogP contribution in [0.5, 0.6) is 0 Å². The molecule has 1 aromatic heterocycles. The van der Waals surface area contributed by atoms with E-state index in [-0.39, 0.29) is 43.9 Å². The van der Waals surface area contributed by atoms with E-state index in [1.165, 1.54) is 17.9 Å². The van der Waals surface area contributed by atoms with Crippen LogP contribution in [-0.4, -0.2) is 45.0 Å². The molecule has 1 aromatic carbocycles. The highest BCUT2D eigenvalue weighted by atomic mass is 35.5. The monoisotopic (exact) mass is 558 g/mol. The molecule has 9 nitrogen and oxygen atoms in total. The average Bonchev–Trinajstić information content (AvgIpc) is 2.82. The van der Waals surface area contributed by atoms with Gasteiger partial charge in [0, 0.05) is 24.0 Å². The minimum Gasteiger partial charge on any atom is -0.462 e. The minimum atomic E-state index is -4.99. The first kappa shape index (κ1) is 28.2. The number of nitrogens with zero attached hydrogens (tertiary/aromatic N) is 3. The van der Waals surface area contributed by atoms with Crippen LogP contribution in [0.1, 0.15) is 46.9 Å². The summed E-state index contributed by atoms with van der Waals surface area (Å²) in [6.45, 7) is 1.33. The summed E-state index contributed by atoms with van der Waals surface area (Å²) in [4.78, 5) is 29.6. The predicted octanol–water partition coefficient (Wildman–Crippen LogP) is 3.66. The first-order valence-corrected chi connectivity index (χ1v) is 13.1. The Kier molecular flexibility index (Phi) is 8.65. The van der Waals surface area contributed by atoms with Crippen molar-refractivity contribution in [1.82, 2.24) is 9.71 Å². The van der Waals surface area contributed by atoms with Crippen molar-refractivity contribution >= 4 is 39.3 Å². The predicted molar refractivity (Wildman–Crippen MR) is 127 cm³/mol. The number of aromatic nitrogens is 1. The molecule has 1 aliphatic rings. The Morgan fingerprint density at radius 1 is 1.27 bits per heavy atom. The van der Waals surface area contributed by atoms with E-state index in [1.807, 2.05) is 4.72 Å². The fourth-order valence-corrected chi connectivity index (χ4v) is 5.26. The number of hydrogen-bond acceptors (Lipinski definition) is 8. The van der Waals surface area contributed by atoms with Gasteiger partial charge in [0.05, 0.1) is 23.5 Å². The lowest BCUT2D eigenvalue weighted by atomic mass is 9.96. The van der Waals surface area contributed by atoms with Gasteiger partial charge in [0.1, 0.15) is 11.9 Å². The highest BCUT2D eigenvalue weighted by Crippen LogP contribution is 2.35. The van der Waals surface area contributed by atoms with Crippen LogP contribution in [0.15, 0.2) is 30.3 Å². The maximum Gasteiger partial charge on any atom is 0.434 e. The lowest BCUT2D eigenvalue weighted by Gasteiger charge is -2.33. The van der Waals surface area contributed by atoms with Crippen molar-refractivity contribution in [3.05, 3.63) is 57.7 Å². The number of alkyl halides is 3. The molecule has 1 saturated heterocycles. The molecule has 2 aromatic rings. The molecule has 3 rings (SSSR count). The Morgan fingerprint density at radius 2 is 1.95 bits per heavy atom. The van der Waals surface area contributed by atoms with Crippen molar-refractivity contribution < 1.29 is 35.9 Å². The number of amides is 1. The number of nitriles is 1. The highest BCUT2D eigenvalue weighted by Gasteiger charge is 2.40. The molecule has 1 aliphatic heterocycles. The lowest BCUT2D eigenvalue weighted by Crippen LogP contribution is -2.43. The van der Waals surface area contributed by atoms with Crippen molar-refractivity contribution in [2.24, 2.45) is 5.92 Å². The van der Waals surface area contributed by atoms with Gasteiger partial charge >= 0.3 is 12.1 Å². The molecular formula is C23H22ClF3N4O5S. The summed E-state index contributed by atoms with van der Waals surface area (Å²) < 4.78 is 72.5. The number of anilines is 1. The summed E-state index contributed by atoms with van der Waals surface area (Å²) in [5.74, 6) is -3.45. The van der Waals surface area contributed by atoms with Gasteiger partial charge in [-0.1, -0.05) is 23.7 Å². The molecule has 1 fully saturated rings. The Bertz CT molecular complexity index is 1340. The molecule has 0 radical (unpaired) electrons. The molecule has 1 amide bonds. The number of piperidine rings is 1. The Labute approximate surface area is 216 Å². The first-order valence-electron chi connectivity index (χ1n) is 11.1. The quantitative estimate of drug-likeness (QED) is 0.510. The Hall–Kier alpha value is -3.37. The standard InChI is InChI=1S/C23H22ClF3N4O5S/c1-2-36-22(33)18-11-16(12-28)20(29-19(18)23(25,26)27)31-8-6-15(7-9-31)21(32)30-37(34,35)13-14-4-3-5-17(24)10-14/h3-5,10-11,15H,2,6-9,13H2,1H3,(H,30,32). The molecule has 0 spiro atoms. The number of pyridine rings is 1. The third-order valence-electron chi connectivity index (χ3n) is 5.55. The number of carbonyl (C=O) groups excluding carboxylic acids is 2. The zero-order valence-electron chi connectivity index (χ0n) is 19.5. The van der Waals surface area contributed by atoms with Crippen LogP contribution < -0.4 is 9.62 Å². The van der Waals surface area contributed by atoms with Gasteiger partial charge in [0.25, 0.3) is 0 Å². The van der Waals surface area contributed by atoms with Crippen LogP contribution >= 0.6 is 11.6 Å². The van der Waals surface area contributed by atoms with Gasteiger partial charge in [-0.15, -0.1) is 0 Å². The van der Waals surface area contributed by atoms with E-state index in [4.69, 9.17) is 11.6 Å². The first-order chi connectivity index (χ1) is 17.3. The molecule has 0 aliphatic carbocycles. The molecule has 0 atom stereocenters. The van der Waals surface area contributed by atoms with Gasteiger partial charge in [-0.05, 0) is 43.5 Å². The number of carbonyl (C=O) groups is 2. The molecular weight excluding hydrogens is 537 g/mol. The zero-order chi connectivity index (χ0) is 27.4. The molecule has 37 heavy (non-hydrogen) atoms. The topological polar surface area (TPSA) is 129 Å². The van der Waals surface area contributed by atoms with Crippen molar-refractivity contribution in [1.29, 1.82) is 5.26 Å². The number of rotatable bonds is 7. The molecule has 0 saturated carbocycles. The molecule has 0 bridgehead atoms. The summed E-state index contributed by atoms with van der Waals surface area (Å²) in [7, 11) is -4.01. The van der Waals surface area contributed by atoms with E-state index < -0.39 is 51.0 Å². The second-order valence-electron chi connectivity index (χ2n) is 8.20. The van der Waals surface area contributed by atoms with Crippen LogP contribution in [0.3, 0.4) is 0 Å². The molecule has 1 N–H and O–H groups in total. The van der Waals surface area contributed by atoms with Gasteiger partial charge in [-0.2, -0.15) is 18.4 Å². The maximum atomic E-state index is 13.6. The van der Waals surface area contributed by atoms with Crippen LogP contribution in [0.4, 0.5) is 19.0 Å². The number of hydrogen-bond donors (Lipinski definition) is 1. The number of esters is 1. The van der Waals surface area contributed by atoms with Gasteiger partial charge in [-0.3, -0.25) is 9.52 Å². The summed E-state index contributed by atoms with van der Waals surface area (Å²) in [6.07, 6.45) is -4.78. The van der Waals surface area contributed by atoms with Crippen LogP contribution in [-0.2, 0) is 31.5 Å². The second-order valence-corrected chi connectivity index (χ2v) is 10.4. The fraction of sp³-hybridized carbons (Fsp3) is 0.391. The third-order valence-corrected chi connectivity index (χ3v) is 7.01. The van der Waals surface area contributed by atoms with Gasteiger partial charge in [0.2, 0.25) is 15.9 Å². The summed E-state index contributed by atoms with van der Waals surface area (Å²) >= 11 is 5.86. The van der Waals surface area contributed by atoms with Crippen LogP contribution in [0.25, 0.3) is 0 Å². The summed E-state index contributed by atoms with van der Waals surface area (Å²) in [6, 6.07) is 8.73. The van der Waals surface area contributed by atoms with E-state index >= 15 is 0 Å².